The van der Waals surface area contributed by atoms with E-state index in [0.29, 0.717) is 6.61 Å². The third kappa shape index (κ3) is 3.02. The Kier molecular flexibility index (Phi) is 3.63. The second kappa shape index (κ2) is 5.03. The largest absolute Gasteiger partial charge is 0.448 e. The van der Waals surface area contributed by atoms with Crippen molar-refractivity contribution >= 4 is 6.09 Å². The van der Waals surface area contributed by atoms with E-state index in [9.17, 15) is 4.79 Å². The summed E-state index contributed by atoms with van der Waals surface area (Å²) in [5.74, 6) is 0. The zero-order valence-corrected chi connectivity index (χ0v) is 7.43. The van der Waals surface area contributed by atoms with Gasteiger partial charge in [0.1, 0.15) is 0 Å². The molecule has 0 fully saturated rings. The Balaban J connectivity index is 2.89. The first-order valence-electron chi connectivity index (χ1n) is 4.06. The van der Waals surface area contributed by atoms with Crippen molar-refractivity contribution in [2.24, 2.45) is 0 Å². The van der Waals surface area contributed by atoms with Crippen LogP contribution < -0.4 is 0 Å². The fourth-order valence-electron chi connectivity index (χ4n) is 0.793. The van der Waals surface area contributed by atoms with Gasteiger partial charge in [-0.1, -0.05) is 12.1 Å². The Hall–Kier alpha value is -1.71. The first-order chi connectivity index (χ1) is 6.34. The van der Waals surface area contributed by atoms with E-state index in [2.05, 4.69) is 5.10 Å². The molecule has 0 aliphatic rings. The Morgan fingerprint density at radius 3 is 2.92 bits per heavy atom. The summed E-state index contributed by atoms with van der Waals surface area (Å²) < 4.78 is 6.06. The third-order valence-corrected chi connectivity index (χ3v) is 1.34. The molecule has 0 radical (unpaired) electrons. The van der Waals surface area contributed by atoms with Crippen LogP contribution in [-0.4, -0.2) is 22.5 Å². The molecule has 4 heteroatoms. The van der Waals surface area contributed by atoms with Gasteiger partial charge in [0.2, 0.25) is 0 Å². The molecule has 1 N–H and O–H groups in total. The van der Waals surface area contributed by atoms with Crippen molar-refractivity contribution in [1.82, 2.24) is 9.78 Å². The number of hydrogen-bond acceptors (Lipinski definition) is 2. The summed E-state index contributed by atoms with van der Waals surface area (Å²) in [7, 11) is 0. The maximum absolute atomic E-state index is 11.2. The number of aromatic amines is 1. The Bertz CT molecular complexity index is 294. The lowest BCUT2D eigenvalue weighted by atomic mass is 10.5. The molecule has 1 aromatic heterocycles. The number of carbonyl (C=O) groups excluding carboxylic acids is 1. The van der Waals surface area contributed by atoms with E-state index in [1.54, 1.807) is 31.5 Å². The van der Waals surface area contributed by atoms with Crippen molar-refractivity contribution in [3.05, 3.63) is 36.7 Å². The fourth-order valence-corrected chi connectivity index (χ4v) is 0.793. The van der Waals surface area contributed by atoms with Gasteiger partial charge >= 0.3 is 6.09 Å². The minimum Gasteiger partial charge on any atom is -0.448 e. The number of aromatic nitrogens is 2. The molecule has 70 valence electrons. The van der Waals surface area contributed by atoms with Crippen LogP contribution in [0, 0.1) is 0 Å². The fraction of sp³-hybridized carbons (Fsp3) is 0.222. The average Bonchev–Trinajstić information content (AvgIpc) is 2.03. The lowest BCUT2D eigenvalue weighted by molar-refractivity contribution is 0.150. The summed E-state index contributed by atoms with van der Waals surface area (Å²) in [6.07, 6.45) is 2.83. The van der Waals surface area contributed by atoms with E-state index in [1.807, 2.05) is 12.1 Å². The first-order valence-corrected chi connectivity index (χ1v) is 4.06. The third-order valence-electron chi connectivity index (χ3n) is 1.34. The molecule has 0 spiro atoms. The monoisotopic (exact) mass is 180 g/mol. The number of nitrogens with one attached hydrogen (secondary N) is 1. The van der Waals surface area contributed by atoms with Gasteiger partial charge in [0.15, 0.2) is 0 Å². The van der Waals surface area contributed by atoms with E-state index >= 15 is 0 Å². The van der Waals surface area contributed by atoms with Crippen LogP contribution in [0.2, 0.25) is 0 Å². The molecule has 0 aliphatic heterocycles. The van der Waals surface area contributed by atoms with Crippen LogP contribution in [0.3, 0.4) is 0 Å². The quantitative estimate of drug-likeness (QED) is 0.718. The summed E-state index contributed by atoms with van der Waals surface area (Å²) in [5.41, 5.74) is 0. The van der Waals surface area contributed by atoms with Gasteiger partial charge in [0, 0.05) is 12.4 Å². The van der Waals surface area contributed by atoms with Crippen LogP contribution in [0.1, 0.15) is 6.92 Å². The predicted octanol–water partition coefficient (Wildman–Crippen LogP) is 1.95. The molecule has 13 heavy (non-hydrogen) atoms. The summed E-state index contributed by atoms with van der Waals surface area (Å²) >= 11 is 0. The van der Waals surface area contributed by atoms with Crippen molar-refractivity contribution in [3.8, 4) is 0 Å². The highest BCUT2D eigenvalue weighted by Crippen LogP contribution is 1.86. The molecule has 1 heterocycles. The number of nitrogens with zero attached hydrogens (tertiary/aromatic N) is 1. The van der Waals surface area contributed by atoms with Gasteiger partial charge in [-0.25, -0.2) is 4.79 Å². The van der Waals surface area contributed by atoms with E-state index < -0.39 is 6.09 Å². The standard InChI is InChI=1S/C9H12N2O2/c1-2-13-9(12)11-8-6-4-3-5-7-10-11/h3-8,10H,2H2,1H3. The maximum Gasteiger partial charge on any atom is 0.432 e. The maximum atomic E-state index is 11.2. The summed E-state index contributed by atoms with van der Waals surface area (Å²) in [6.45, 7) is 2.13. The molecule has 4 nitrogen and oxygen atoms in total. The number of hydrogen-bond donors (Lipinski definition) is 1. The topological polar surface area (TPSA) is 47.0 Å². The Morgan fingerprint density at radius 1 is 1.38 bits per heavy atom. The van der Waals surface area contributed by atoms with Crippen molar-refractivity contribution in [2.45, 2.75) is 6.92 Å². The number of carbonyl (C=O) groups is 1. The van der Waals surface area contributed by atoms with Crippen LogP contribution in [-0.2, 0) is 4.74 Å². The minimum absolute atomic E-state index is 0.365. The van der Waals surface area contributed by atoms with Crippen molar-refractivity contribution < 1.29 is 9.53 Å². The number of H-pyrrole nitrogens is 1. The highest BCUT2D eigenvalue weighted by Gasteiger charge is 1.98. The second-order valence-corrected chi connectivity index (χ2v) is 2.28. The molecule has 0 unspecified atom stereocenters. The zero-order valence-electron chi connectivity index (χ0n) is 7.43. The van der Waals surface area contributed by atoms with Crippen LogP contribution in [0.15, 0.2) is 36.7 Å². The predicted molar refractivity (Wildman–Crippen MR) is 48.8 cm³/mol. The molecule has 0 saturated carbocycles. The lowest BCUT2D eigenvalue weighted by Crippen LogP contribution is -2.15. The zero-order chi connectivity index (χ0) is 9.52. The highest BCUT2D eigenvalue weighted by molar-refractivity contribution is 5.68. The van der Waals surface area contributed by atoms with Gasteiger partial charge in [-0.05, 0) is 19.1 Å². The number of ether oxygens (including phenoxy) is 1. The molecule has 0 aromatic carbocycles. The van der Waals surface area contributed by atoms with E-state index in [0.717, 1.165) is 0 Å². The van der Waals surface area contributed by atoms with Gasteiger partial charge in [0.05, 0.1) is 6.61 Å². The lowest BCUT2D eigenvalue weighted by Gasteiger charge is -2.02. The molecule has 1 aromatic rings. The van der Waals surface area contributed by atoms with Crippen LogP contribution >= 0.6 is 0 Å². The average molecular weight is 180 g/mol. The molecule has 0 amide bonds. The van der Waals surface area contributed by atoms with Crippen LogP contribution in [0.25, 0.3) is 0 Å². The number of rotatable bonds is 1. The van der Waals surface area contributed by atoms with Crippen LogP contribution in [0.5, 0.6) is 0 Å². The summed E-state index contributed by atoms with van der Waals surface area (Å²) in [5, 5.41) is 2.75. The van der Waals surface area contributed by atoms with E-state index in [-0.39, 0.29) is 0 Å². The molecule has 0 bridgehead atoms. The van der Waals surface area contributed by atoms with Gasteiger partial charge in [-0.3, -0.25) is 5.10 Å². The first kappa shape index (κ1) is 9.38. The Morgan fingerprint density at radius 2 is 2.15 bits per heavy atom. The summed E-state index contributed by atoms with van der Waals surface area (Å²) in [4.78, 5) is 11.2. The van der Waals surface area contributed by atoms with Gasteiger partial charge in [-0.15, -0.1) is 0 Å². The highest BCUT2D eigenvalue weighted by atomic mass is 16.5. The smallest absolute Gasteiger partial charge is 0.432 e. The summed E-state index contributed by atoms with van der Waals surface area (Å²) in [6, 6.07) is 7.21. The van der Waals surface area contributed by atoms with Crippen LogP contribution in [0.4, 0.5) is 4.79 Å². The van der Waals surface area contributed by atoms with Crippen molar-refractivity contribution in [1.29, 1.82) is 0 Å². The SMILES string of the molecule is CCOC(=O)n1cccccc[nH]1. The molecule has 0 atom stereocenters. The molecule has 0 saturated heterocycles. The van der Waals surface area contributed by atoms with Crippen molar-refractivity contribution in [2.75, 3.05) is 6.61 Å². The normalized spacial score (nSPS) is 9.00. The van der Waals surface area contributed by atoms with E-state index in [4.69, 9.17) is 4.74 Å². The Labute approximate surface area is 76.4 Å². The van der Waals surface area contributed by atoms with Gasteiger partial charge in [0.25, 0.3) is 0 Å². The van der Waals surface area contributed by atoms with Gasteiger partial charge in [-0.2, -0.15) is 4.68 Å². The second-order valence-electron chi connectivity index (χ2n) is 2.28. The molecular formula is C9H12N2O2. The minimum atomic E-state index is -0.418. The van der Waals surface area contributed by atoms with E-state index in [1.165, 1.54) is 4.68 Å². The molecular weight excluding hydrogens is 168 g/mol. The van der Waals surface area contributed by atoms with Gasteiger partial charge < -0.3 is 4.74 Å². The van der Waals surface area contributed by atoms with Crippen molar-refractivity contribution in [3.63, 3.8) is 0 Å². The molecule has 0 aliphatic carbocycles. The molecule has 1 rings (SSSR count).